The lowest BCUT2D eigenvalue weighted by atomic mass is 10.2. The van der Waals surface area contributed by atoms with E-state index in [4.69, 9.17) is 19.7 Å². The van der Waals surface area contributed by atoms with Crippen LogP contribution in [0, 0.1) is 0 Å². The van der Waals surface area contributed by atoms with Gasteiger partial charge in [-0.15, -0.1) is 0 Å². The molecule has 0 heterocycles. The number of ether oxygens (including phenoxy) is 2. The molecular weight excluding hydrogens is 460 g/mol. The highest BCUT2D eigenvalue weighted by Crippen LogP contribution is 1.99. The Kier molecular flexibility index (Phi) is 43.7. The first-order chi connectivity index (χ1) is 16.5. The molecule has 35 heavy (non-hydrogen) atoms. The number of aliphatic hydroxyl groups is 2. The Morgan fingerprint density at radius 1 is 0.771 bits per heavy atom. The summed E-state index contributed by atoms with van der Waals surface area (Å²) in [5.41, 5.74) is 0. The Labute approximate surface area is 209 Å². The molecule has 0 aromatic heterocycles. The van der Waals surface area contributed by atoms with Crippen molar-refractivity contribution in [3.8, 4) is 0 Å². The van der Waals surface area contributed by atoms with E-state index in [-0.39, 0.29) is 33.2 Å². The van der Waals surface area contributed by atoms with Crippen LogP contribution < -0.4 is 10.6 Å². The highest BCUT2D eigenvalue weighted by molar-refractivity contribution is 5.72. The summed E-state index contributed by atoms with van der Waals surface area (Å²) in [5.74, 6) is 0.00970. The second kappa shape index (κ2) is 38.6. The van der Waals surface area contributed by atoms with E-state index in [0.29, 0.717) is 26.2 Å². The highest BCUT2D eigenvalue weighted by atomic mass is 16.6. The lowest BCUT2D eigenvalue weighted by Crippen LogP contribution is -2.26. The van der Waals surface area contributed by atoms with E-state index in [1.54, 1.807) is 7.11 Å². The van der Waals surface area contributed by atoms with E-state index in [0.717, 1.165) is 57.9 Å². The third kappa shape index (κ3) is 49.6. The van der Waals surface area contributed by atoms with E-state index in [9.17, 15) is 19.2 Å². The number of aliphatic imine (C=N–C) groups is 2. The molecule has 0 aliphatic heterocycles. The Hall–Kier alpha value is -2.62. The largest absolute Gasteiger partial charge is 0.447 e. The van der Waals surface area contributed by atoms with E-state index >= 15 is 0 Å². The smallest absolute Gasteiger partial charge is 0.407 e. The molecule has 0 aliphatic rings. The zero-order valence-electron chi connectivity index (χ0n) is 20.6. The molecule has 0 unspecified atom stereocenters. The van der Waals surface area contributed by atoms with Crippen LogP contribution in [0.25, 0.3) is 0 Å². The van der Waals surface area contributed by atoms with Gasteiger partial charge < -0.3 is 30.3 Å². The van der Waals surface area contributed by atoms with Crippen molar-refractivity contribution < 1.29 is 38.9 Å². The number of carbonyl (C=O) groups excluding carboxylic acids is 4. The topological polar surface area (TPSA) is 176 Å². The standard InChI is InChI=1S/C12H24N2O4.C8H12N2O2.C2H6O2.CH4/c1-11(15)13-7-5-3-4-6-8-14-12(16)18-10-9-17-2;11-7-9-5-3-1-2-4-6-10-8-12;3-1-2-4;/h3-10H2,1-2H3,(H,13,15)(H,14,16);1-6H2;3-4H,1-2H2;1H4. The molecule has 0 aromatic rings. The van der Waals surface area contributed by atoms with Crippen molar-refractivity contribution in [2.45, 2.75) is 65.7 Å². The first-order valence-electron chi connectivity index (χ1n) is 11.4. The molecule has 0 rings (SSSR count). The maximum absolute atomic E-state index is 11.1. The summed E-state index contributed by atoms with van der Waals surface area (Å²) >= 11 is 0. The van der Waals surface area contributed by atoms with Crippen LogP contribution in [0.4, 0.5) is 4.79 Å². The van der Waals surface area contributed by atoms with Gasteiger partial charge in [-0.1, -0.05) is 33.1 Å². The molecule has 0 saturated carbocycles. The number of nitrogens with one attached hydrogen (secondary N) is 2. The van der Waals surface area contributed by atoms with Gasteiger partial charge in [0.2, 0.25) is 18.1 Å². The predicted octanol–water partition coefficient (Wildman–Crippen LogP) is 1.88. The number of nitrogens with zero attached hydrogens (tertiary/aromatic N) is 2. The van der Waals surface area contributed by atoms with E-state index in [1.165, 1.54) is 19.1 Å². The van der Waals surface area contributed by atoms with Gasteiger partial charge in [-0.3, -0.25) is 4.79 Å². The molecule has 0 aliphatic carbocycles. The van der Waals surface area contributed by atoms with Crippen molar-refractivity contribution in [3.63, 3.8) is 0 Å². The highest BCUT2D eigenvalue weighted by Gasteiger charge is 2.00. The van der Waals surface area contributed by atoms with Gasteiger partial charge in [-0.25, -0.2) is 24.4 Å². The van der Waals surface area contributed by atoms with Gasteiger partial charge in [0.1, 0.15) is 6.61 Å². The van der Waals surface area contributed by atoms with Crippen molar-refractivity contribution in [2.75, 3.05) is 59.7 Å². The molecule has 0 radical (unpaired) electrons. The first-order valence-corrected chi connectivity index (χ1v) is 11.4. The van der Waals surface area contributed by atoms with Crippen LogP contribution in [0.1, 0.15) is 65.7 Å². The number of hydrogen-bond donors (Lipinski definition) is 4. The molecule has 0 fully saturated rings. The third-order valence-corrected chi connectivity index (χ3v) is 3.79. The van der Waals surface area contributed by atoms with Gasteiger partial charge >= 0.3 is 6.09 Å². The Morgan fingerprint density at radius 2 is 1.23 bits per heavy atom. The number of carbonyl (C=O) groups is 2. The van der Waals surface area contributed by atoms with Crippen molar-refractivity contribution in [1.29, 1.82) is 0 Å². The number of methoxy groups -OCH3 is 1. The lowest BCUT2D eigenvalue weighted by molar-refractivity contribution is -0.118. The molecule has 0 bridgehead atoms. The number of unbranched alkanes of at least 4 members (excludes halogenated alkanes) is 6. The van der Waals surface area contributed by atoms with E-state index in [2.05, 4.69) is 20.6 Å². The average Bonchev–Trinajstić information content (AvgIpc) is 2.83. The van der Waals surface area contributed by atoms with Gasteiger partial charge in [-0.2, -0.15) is 0 Å². The summed E-state index contributed by atoms with van der Waals surface area (Å²) < 4.78 is 9.59. The lowest BCUT2D eigenvalue weighted by Gasteiger charge is -2.06. The summed E-state index contributed by atoms with van der Waals surface area (Å²) in [5, 5.41) is 20.7. The Balaban J connectivity index is -0.000000244. The van der Waals surface area contributed by atoms with Crippen molar-refractivity contribution in [1.82, 2.24) is 10.6 Å². The maximum atomic E-state index is 11.1. The van der Waals surface area contributed by atoms with E-state index < -0.39 is 6.09 Å². The Bertz CT molecular complexity index is 528. The fourth-order valence-electron chi connectivity index (χ4n) is 2.15. The van der Waals surface area contributed by atoms with Crippen LogP contribution in [0.2, 0.25) is 0 Å². The van der Waals surface area contributed by atoms with Crippen LogP contribution >= 0.6 is 0 Å². The molecule has 206 valence electrons. The van der Waals surface area contributed by atoms with Gasteiger partial charge in [-0.05, 0) is 25.7 Å². The maximum Gasteiger partial charge on any atom is 0.407 e. The normalized spacial score (nSPS) is 8.80. The number of hydrogen-bond acceptors (Lipinski definition) is 10. The van der Waals surface area contributed by atoms with Gasteiger partial charge in [0.25, 0.3) is 0 Å². The molecule has 12 nitrogen and oxygen atoms in total. The van der Waals surface area contributed by atoms with Crippen LogP contribution in [0.3, 0.4) is 0 Å². The zero-order valence-corrected chi connectivity index (χ0v) is 20.6. The molecule has 4 N–H and O–H groups in total. The summed E-state index contributed by atoms with van der Waals surface area (Å²) in [6.07, 6.45) is 10.4. The molecule has 2 amide bonds. The van der Waals surface area contributed by atoms with E-state index in [1.807, 2.05) is 0 Å². The zero-order chi connectivity index (χ0) is 26.1. The minimum Gasteiger partial charge on any atom is -0.447 e. The van der Waals surface area contributed by atoms with Crippen LogP contribution in [0.5, 0.6) is 0 Å². The summed E-state index contributed by atoms with van der Waals surface area (Å²) in [6.45, 7) is 4.41. The number of aliphatic hydroxyl groups excluding tert-OH is 2. The minimum atomic E-state index is -0.398. The predicted molar refractivity (Wildman–Crippen MR) is 134 cm³/mol. The molecule has 12 heteroatoms. The van der Waals surface area contributed by atoms with Crippen LogP contribution in [-0.4, -0.2) is 94.1 Å². The van der Waals surface area contributed by atoms with Gasteiger partial charge in [0.05, 0.1) is 32.9 Å². The quantitative estimate of drug-likeness (QED) is 0.124. The molecule has 0 aromatic carbocycles. The average molecular weight is 507 g/mol. The SMILES string of the molecule is C.COCCOC(=O)NCCCCCCNC(C)=O.O=C=NCCCCCCN=C=O.OCCO. The van der Waals surface area contributed by atoms with Crippen LogP contribution in [0.15, 0.2) is 9.98 Å². The van der Waals surface area contributed by atoms with Gasteiger partial charge in [0.15, 0.2) is 0 Å². The van der Waals surface area contributed by atoms with Crippen molar-refractivity contribution in [2.24, 2.45) is 9.98 Å². The second-order valence-electron chi connectivity index (χ2n) is 6.76. The summed E-state index contributed by atoms with van der Waals surface area (Å²) in [6, 6.07) is 0. The van der Waals surface area contributed by atoms with Crippen LogP contribution in [-0.2, 0) is 23.9 Å². The molecule has 0 saturated heterocycles. The number of alkyl carbamates (subject to hydrolysis) is 1. The Morgan fingerprint density at radius 3 is 1.63 bits per heavy atom. The first kappa shape index (κ1) is 39.6. The molecule has 0 atom stereocenters. The fourth-order valence-corrected chi connectivity index (χ4v) is 2.15. The molecular formula is C23H46N4O8. The monoisotopic (exact) mass is 506 g/mol. The summed E-state index contributed by atoms with van der Waals surface area (Å²) in [7, 11) is 1.56. The van der Waals surface area contributed by atoms with Gasteiger partial charge in [0, 0.05) is 27.1 Å². The van der Waals surface area contributed by atoms with Crippen molar-refractivity contribution in [3.05, 3.63) is 0 Å². The minimum absolute atomic E-state index is 0. The molecule has 0 spiro atoms. The van der Waals surface area contributed by atoms with Crippen molar-refractivity contribution >= 4 is 24.2 Å². The number of rotatable bonds is 18. The number of isocyanates is 2. The number of amides is 2. The third-order valence-electron chi connectivity index (χ3n) is 3.79. The summed E-state index contributed by atoms with van der Waals surface area (Å²) in [4.78, 5) is 47.8. The second-order valence-corrected chi connectivity index (χ2v) is 6.76. The fraction of sp³-hybridized carbons (Fsp3) is 0.826.